The number of nitrogens with one attached hydrogen (secondary N) is 2. The monoisotopic (exact) mass is 328 g/mol. The number of hydrogen-bond acceptors (Lipinski definition) is 3. The number of guanidine groups is 1. The molecule has 1 aromatic carbocycles. The Hall–Kier alpha value is -2.50. The summed E-state index contributed by atoms with van der Waals surface area (Å²) in [5, 5.41) is 10.8. The second-order valence-corrected chi connectivity index (χ2v) is 5.68. The number of nitrogens with zero attached hydrogens (tertiary/aromatic N) is 4. The molecular formula is C18H28N6. The van der Waals surface area contributed by atoms with Crippen molar-refractivity contribution >= 4 is 11.6 Å². The summed E-state index contributed by atoms with van der Waals surface area (Å²) in [6.45, 7) is 5.42. The lowest BCUT2D eigenvalue weighted by atomic mass is 10.3. The molecule has 130 valence electrons. The fourth-order valence-corrected chi connectivity index (χ4v) is 2.39. The lowest BCUT2D eigenvalue weighted by Gasteiger charge is -2.19. The van der Waals surface area contributed by atoms with Gasteiger partial charge in [0.1, 0.15) is 0 Å². The maximum atomic E-state index is 4.61. The predicted molar refractivity (Wildman–Crippen MR) is 100 cm³/mol. The molecule has 1 aromatic heterocycles. The zero-order valence-electron chi connectivity index (χ0n) is 14.9. The molecular weight excluding hydrogens is 300 g/mol. The van der Waals surface area contributed by atoms with Gasteiger partial charge in [0.15, 0.2) is 5.96 Å². The Labute approximate surface area is 144 Å². The van der Waals surface area contributed by atoms with Crippen LogP contribution in [0.4, 0.5) is 5.69 Å². The number of rotatable bonds is 8. The second kappa shape index (κ2) is 9.60. The first-order chi connectivity index (χ1) is 11.7. The first-order valence-corrected chi connectivity index (χ1v) is 8.46. The van der Waals surface area contributed by atoms with Crippen molar-refractivity contribution in [2.45, 2.75) is 19.9 Å². The standard InChI is InChI=1S/C18H28N6/c1-4-19-18(21-15-17-11-13-22-24(17)3)20-12-8-14-23(2)16-9-6-5-7-10-16/h5-7,9-11,13H,4,8,12,14-15H2,1-3H3,(H2,19,20,21). The minimum Gasteiger partial charge on any atom is -0.375 e. The number of benzene rings is 1. The van der Waals surface area contributed by atoms with Gasteiger partial charge in [0.05, 0.1) is 12.2 Å². The topological polar surface area (TPSA) is 57.5 Å². The summed E-state index contributed by atoms with van der Waals surface area (Å²) in [5.74, 6) is 0.848. The Morgan fingerprint density at radius 2 is 2.00 bits per heavy atom. The van der Waals surface area contributed by atoms with Gasteiger partial charge in [0.2, 0.25) is 0 Å². The van der Waals surface area contributed by atoms with Crippen LogP contribution in [0.3, 0.4) is 0 Å². The fraction of sp³-hybridized carbons (Fsp3) is 0.444. The third-order valence-electron chi connectivity index (χ3n) is 3.83. The SMILES string of the molecule is CCNC(=NCc1ccnn1C)NCCCN(C)c1ccccc1. The summed E-state index contributed by atoms with van der Waals surface area (Å²) < 4.78 is 1.85. The van der Waals surface area contributed by atoms with Crippen molar-refractivity contribution in [1.29, 1.82) is 0 Å². The Morgan fingerprint density at radius 1 is 1.21 bits per heavy atom. The Balaban J connectivity index is 1.76. The van der Waals surface area contributed by atoms with Crippen LogP contribution in [0.15, 0.2) is 47.6 Å². The number of para-hydroxylation sites is 1. The van der Waals surface area contributed by atoms with Crippen LogP contribution < -0.4 is 15.5 Å². The molecule has 0 radical (unpaired) electrons. The van der Waals surface area contributed by atoms with Crippen molar-refractivity contribution in [3.63, 3.8) is 0 Å². The molecule has 0 spiro atoms. The second-order valence-electron chi connectivity index (χ2n) is 5.68. The smallest absolute Gasteiger partial charge is 0.191 e. The van der Waals surface area contributed by atoms with E-state index in [4.69, 9.17) is 0 Å². The number of aryl methyl sites for hydroxylation is 1. The van der Waals surface area contributed by atoms with E-state index in [1.807, 2.05) is 23.9 Å². The molecule has 0 atom stereocenters. The minimum atomic E-state index is 0.621. The first-order valence-electron chi connectivity index (χ1n) is 8.46. The van der Waals surface area contributed by atoms with E-state index in [-0.39, 0.29) is 0 Å². The van der Waals surface area contributed by atoms with E-state index >= 15 is 0 Å². The van der Waals surface area contributed by atoms with Gasteiger partial charge in [0, 0.05) is 45.6 Å². The average Bonchev–Trinajstić information content (AvgIpc) is 3.02. The van der Waals surface area contributed by atoms with Gasteiger partial charge in [0.25, 0.3) is 0 Å². The molecule has 2 rings (SSSR count). The van der Waals surface area contributed by atoms with Crippen molar-refractivity contribution in [2.24, 2.45) is 12.0 Å². The number of anilines is 1. The first kappa shape index (κ1) is 17.8. The van der Waals surface area contributed by atoms with Crippen LogP contribution in [-0.2, 0) is 13.6 Å². The summed E-state index contributed by atoms with van der Waals surface area (Å²) in [7, 11) is 4.06. The molecule has 1 heterocycles. The summed E-state index contributed by atoms with van der Waals surface area (Å²) in [6, 6.07) is 12.4. The normalized spacial score (nSPS) is 11.4. The molecule has 0 unspecified atom stereocenters. The van der Waals surface area contributed by atoms with Gasteiger partial charge in [-0.1, -0.05) is 18.2 Å². The summed E-state index contributed by atoms with van der Waals surface area (Å²) in [6.07, 6.45) is 2.84. The molecule has 24 heavy (non-hydrogen) atoms. The third-order valence-corrected chi connectivity index (χ3v) is 3.83. The van der Waals surface area contributed by atoms with E-state index < -0.39 is 0 Å². The molecule has 2 aromatic rings. The molecule has 0 fully saturated rings. The highest BCUT2D eigenvalue weighted by atomic mass is 15.3. The van der Waals surface area contributed by atoms with Crippen LogP contribution >= 0.6 is 0 Å². The average molecular weight is 328 g/mol. The molecule has 0 bridgehead atoms. The molecule has 6 nitrogen and oxygen atoms in total. The number of aromatic nitrogens is 2. The largest absolute Gasteiger partial charge is 0.375 e. The number of aliphatic imine (C=N–C) groups is 1. The lowest BCUT2D eigenvalue weighted by Crippen LogP contribution is -2.38. The maximum Gasteiger partial charge on any atom is 0.191 e. The highest BCUT2D eigenvalue weighted by Gasteiger charge is 2.02. The van der Waals surface area contributed by atoms with Crippen molar-refractivity contribution in [1.82, 2.24) is 20.4 Å². The molecule has 0 saturated heterocycles. The summed E-state index contributed by atoms with van der Waals surface area (Å²) >= 11 is 0. The molecule has 0 aliphatic carbocycles. The Kier molecular flexibility index (Phi) is 7.14. The number of hydrogen-bond donors (Lipinski definition) is 2. The van der Waals surface area contributed by atoms with E-state index in [1.54, 1.807) is 6.20 Å². The van der Waals surface area contributed by atoms with Crippen LogP contribution in [0.25, 0.3) is 0 Å². The quantitative estimate of drug-likeness (QED) is 0.442. The van der Waals surface area contributed by atoms with Gasteiger partial charge in [-0.05, 0) is 31.5 Å². The van der Waals surface area contributed by atoms with Crippen LogP contribution in [0, 0.1) is 0 Å². The van der Waals surface area contributed by atoms with Gasteiger partial charge in [-0.25, -0.2) is 4.99 Å². The van der Waals surface area contributed by atoms with Gasteiger partial charge >= 0.3 is 0 Å². The van der Waals surface area contributed by atoms with Crippen LogP contribution in [0.2, 0.25) is 0 Å². The molecule has 0 aliphatic rings. The zero-order chi connectivity index (χ0) is 17.2. The van der Waals surface area contributed by atoms with Gasteiger partial charge in [-0.15, -0.1) is 0 Å². The van der Waals surface area contributed by atoms with E-state index in [0.717, 1.165) is 37.7 Å². The van der Waals surface area contributed by atoms with Gasteiger partial charge in [-0.2, -0.15) is 5.10 Å². The van der Waals surface area contributed by atoms with E-state index in [2.05, 4.69) is 63.9 Å². The predicted octanol–water partition coefficient (Wildman–Crippen LogP) is 2.00. The van der Waals surface area contributed by atoms with Crippen LogP contribution in [-0.4, -0.2) is 42.4 Å². The molecule has 2 N–H and O–H groups in total. The summed E-state index contributed by atoms with van der Waals surface area (Å²) in [5.41, 5.74) is 2.34. The van der Waals surface area contributed by atoms with E-state index in [1.165, 1.54) is 5.69 Å². The van der Waals surface area contributed by atoms with Gasteiger partial charge in [-0.3, -0.25) is 4.68 Å². The Morgan fingerprint density at radius 3 is 2.67 bits per heavy atom. The van der Waals surface area contributed by atoms with E-state index in [9.17, 15) is 0 Å². The van der Waals surface area contributed by atoms with E-state index in [0.29, 0.717) is 6.54 Å². The Bertz CT molecular complexity index is 619. The maximum absolute atomic E-state index is 4.61. The van der Waals surface area contributed by atoms with Gasteiger partial charge < -0.3 is 15.5 Å². The lowest BCUT2D eigenvalue weighted by molar-refractivity contribution is 0.701. The molecule has 0 saturated carbocycles. The highest BCUT2D eigenvalue weighted by Crippen LogP contribution is 2.10. The summed E-state index contributed by atoms with van der Waals surface area (Å²) in [4.78, 5) is 6.88. The van der Waals surface area contributed by atoms with Crippen LogP contribution in [0.5, 0.6) is 0 Å². The van der Waals surface area contributed by atoms with Crippen molar-refractivity contribution in [3.05, 3.63) is 48.3 Å². The van der Waals surface area contributed by atoms with Crippen molar-refractivity contribution in [3.8, 4) is 0 Å². The molecule has 0 aliphatic heterocycles. The van der Waals surface area contributed by atoms with Crippen molar-refractivity contribution < 1.29 is 0 Å². The fourth-order valence-electron chi connectivity index (χ4n) is 2.39. The van der Waals surface area contributed by atoms with Crippen molar-refractivity contribution in [2.75, 3.05) is 31.6 Å². The highest BCUT2D eigenvalue weighted by molar-refractivity contribution is 5.79. The molecule has 0 amide bonds. The van der Waals surface area contributed by atoms with Crippen LogP contribution in [0.1, 0.15) is 19.0 Å². The zero-order valence-corrected chi connectivity index (χ0v) is 14.9. The minimum absolute atomic E-state index is 0.621. The molecule has 6 heteroatoms. The third kappa shape index (κ3) is 5.61.